The molecule has 1 aromatic carbocycles. The van der Waals surface area contributed by atoms with E-state index in [1.54, 1.807) is 0 Å². The van der Waals surface area contributed by atoms with Crippen molar-refractivity contribution in [1.29, 1.82) is 0 Å². The van der Waals surface area contributed by atoms with Crippen LogP contribution in [0.4, 0.5) is 5.82 Å². The van der Waals surface area contributed by atoms with Crippen LogP contribution in [-0.4, -0.2) is 27.8 Å². The van der Waals surface area contributed by atoms with Gasteiger partial charge in [-0.1, -0.05) is 24.6 Å². The van der Waals surface area contributed by atoms with Crippen LogP contribution in [0.1, 0.15) is 30.9 Å². The smallest absolute Gasteiger partial charge is 0.131 e. The third kappa shape index (κ3) is 3.10. The first kappa shape index (κ1) is 14.1. The first-order valence-electron chi connectivity index (χ1n) is 7.75. The third-order valence-electron chi connectivity index (χ3n) is 4.30. The highest BCUT2D eigenvalue weighted by atomic mass is 15.3. The fraction of sp³-hybridized carbons (Fsp3) is 0.471. The monoisotopic (exact) mass is 284 g/mol. The second-order valence-corrected chi connectivity index (χ2v) is 6.28. The van der Waals surface area contributed by atoms with Crippen LogP contribution in [0.2, 0.25) is 0 Å². The third-order valence-corrected chi connectivity index (χ3v) is 4.30. The number of nitrogens with two attached hydrogens (primary N) is 1. The lowest BCUT2D eigenvalue weighted by Gasteiger charge is -2.30. The highest BCUT2D eigenvalue weighted by molar-refractivity contribution is 5.47. The summed E-state index contributed by atoms with van der Waals surface area (Å²) >= 11 is 0. The Kier molecular flexibility index (Phi) is 3.97. The van der Waals surface area contributed by atoms with Gasteiger partial charge in [0.05, 0.1) is 11.9 Å². The van der Waals surface area contributed by atoms with E-state index < -0.39 is 0 Å². The molecule has 1 atom stereocenters. The van der Waals surface area contributed by atoms with E-state index in [-0.39, 0.29) is 0 Å². The number of rotatable bonds is 3. The zero-order valence-electron chi connectivity index (χ0n) is 12.9. The standard InChI is InChI=1S/C17H24N4/c1-13-5-7-16(8-6-13)21-17(18)15(10-19-21)12-20-9-3-4-14(2)11-20/h5-8,10,14H,3-4,9,11-12,18H2,1-2H3. The van der Waals surface area contributed by atoms with Crippen molar-refractivity contribution >= 4 is 5.82 Å². The average molecular weight is 284 g/mol. The molecule has 0 radical (unpaired) electrons. The van der Waals surface area contributed by atoms with E-state index in [1.807, 2.05) is 10.9 Å². The van der Waals surface area contributed by atoms with E-state index in [2.05, 4.69) is 48.1 Å². The van der Waals surface area contributed by atoms with Crippen molar-refractivity contribution in [2.45, 2.75) is 33.2 Å². The maximum atomic E-state index is 6.30. The van der Waals surface area contributed by atoms with Gasteiger partial charge in [-0.3, -0.25) is 4.90 Å². The summed E-state index contributed by atoms with van der Waals surface area (Å²) in [6, 6.07) is 8.29. The van der Waals surface area contributed by atoms with Gasteiger partial charge in [0.15, 0.2) is 0 Å². The molecule has 21 heavy (non-hydrogen) atoms. The molecular weight excluding hydrogens is 260 g/mol. The fourth-order valence-corrected chi connectivity index (χ4v) is 3.08. The number of nitrogens with zero attached hydrogens (tertiary/aromatic N) is 3. The quantitative estimate of drug-likeness (QED) is 0.942. The van der Waals surface area contributed by atoms with Gasteiger partial charge >= 0.3 is 0 Å². The molecule has 0 amide bonds. The Morgan fingerprint density at radius 1 is 1.29 bits per heavy atom. The number of aromatic nitrogens is 2. The van der Waals surface area contributed by atoms with Gasteiger partial charge in [0, 0.05) is 18.7 Å². The van der Waals surface area contributed by atoms with Crippen molar-refractivity contribution in [3.05, 3.63) is 41.6 Å². The number of hydrogen-bond acceptors (Lipinski definition) is 3. The first-order chi connectivity index (χ1) is 10.1. The molecule has 1 aromatic heterocycles. The Balaban J connectivity index is 1.77. The van der Waals surface area contributed by atoms with Crippen LogP contribution in [0.3, 0.4) is 0 Å². The zero-order chi connectivity index (χ0) is 14.8. The second-order valence-electron chi connectivity index (χ2n) is 6.28. The summed E-state index contributed by atoms with van der Waals surface area (Å²) in [5, 5.41) is 4.47. The molecule has 1 aliphatic heterocycles. The van der Waals surface area contributed by atoms with Crippen molar-refractivity contribution in [2.24, 2.45) is 5.92 Å². The molecule has 4 heteroatoms. The Hall–Kier alpha value is -1.81. The van der Waals surface area contributed by atoms with Crippen molar-refractivity contribution < 1.29 is 0 Å². The van der Waals surface area contributed by atoms with Gasteiger partial charge in [-0.05, 0) is 44.4 Å². The van der Waals surface area contributed by atoms with Crippen LogP contribution < -0.4 is 5.73 Å². The fourth-order valence-electron chi connectivity index (χ4n) is 3.08. The molecule has 2 heterocycles. The predicted molar refractivity (Wildman–Crippen MR) is 86.4 cm³/mol. The van der Waals surface area contributed by atoms with Gasteiger partial charge < -0.3 is 5.73 Å². The summed E-state index contributed by atoms with van der Waals surface area (Å²) < 4.78 is 1.84. The second kappa shape index (κ2) is 5.90. The molecule has 1 unspecified atom stereocenters. The Morgan fingerprint density at radius 3 is 2.76 bits per heavy atom. The van der Waals surface area contributed by atoms with E-state index in [9.17, 15) is 0 Å². The average Bonchev–Trinajstić information content (AvgIpc) is 2.81. The van der Waals surface area contributed by atoms with Crippen LogP contribution in [0, 0.1) is 12.8 Å². The SMILES string of the molecule is Cc1ccc(-n2ncc(CN3CCCC(C)C3)c2N)cc1. The number of aryl methyl sites for hydroxylation is 1. The summed E-state index contributed by atoms with van der Waals surface area (Å²) in [5.41, 5.74) is 9.70. The van der Waals surface area contributed by atoms with Crippen molar-refractivity contribution in [1.82, 2.24) is 14.7 Å². The van der Waals surface area contributed by atoms with Gasteiger partial charge in [0.25, 0.3) is 0 Å². The Morgan fingerprint density at radius 2 is 2.05 bits per heavy atom. The maximum Gasteiger partial charge on any atom is 0.131 e. The zero-order valence-corrected chi connectivity index (χ0v) is 12.9. The van der Waals surface area contributed by atoms with Gasteiger partial charge in [-0.15, -0.1) is 0 Å². The molecule has 112 valence electrons. The lowest BCUT2D eigenvalue weighted by Crippen LogP contribution is -2.33. The molecule has 1 fully saturated rings. The summed E-state index contributed by atoms with van der Waals surface area (Å²) in [7, 11) is 0. The topological polar surface area (TPSA) is 47.1 Å². The van der Waals surface area contributed by atoms with E-state index in [0.29, 0.717) is 0 Å². The number of piperidine rings is 1. The Bertz CT molecular complexity index is 600. The minimum Gasteiger partial charge on any atom is -0.383 e. The molecule has 0 bridgehead atoms. The largest absolute Gasteiger partial charge is 0.383 e. The van der Waals surface area contributed by atoms with Crippen LogP contribution >= 0.6 is 0 Å². The molecule has 0 spiro atoms. The van der Waals surface area contributed by atoms with Crippen LogP contribution in [0.25, 0.3) is 5.69 Å². The molecule has 1 saturated heterocycles. The number of likely N-dealkylation sites (tertiary alicyclic amines) is 1. The van der Waals surface area contributed by atoms with Crippen molar-refractivity contribution in [2.75, 3.05) is 18.8 Å². The molecule has 0 saturated carbocycles. The molecular formula is C17H24N4. The normalized spacial score (nSPS) is 19.8. The van der Waals surface area contributed by atoms with Crippen molar-refractivity contribution in [3.63, 3.8) is 0 Å². The summed E-state index contributed by atoms with van der Waals surface area (Å²) in [6.45, 7) is 7.64. The minimum atomic E-state index is 0.761. The van der Waals surface area contributed by atoms with Gasteiger partial charge in [0.1, 0.15) is 5.82 Å². The van der Waals surface area contributed by atoms with E-state index in [4.69, 9.17) is 5.73 Å². The number of nitrogen functional groups attached to an aromatic ring is 1. The van der Waals surface area contributed by atoms with Crippen LogP contribution in [0.15, 0.2) is 30.5 Å². The van der Waals surface area contributed by atoms with Gasteiger partial charge in [-0.2, -0.15) is 5.10 Å². The van der Waals surface area contributed by atoms with Crippen LogP contribution in [0.5, 0.6) is 0 Å². The predicted octanol–water partition coefficient (Wildman–Crippen LogP) is 2.99. The lowest BCUT2D eigenvalue weighted by molar-refractivity contribution is 0.177. The number of anilines is 1. The van der Waals surface area contributed by atoms with Gasteiger partial charge in [0.2, 0.25) is 0 Å². The van der Waals surface area contributed by atoms with Crippen LogP contribution in [-0.2, 0) is 6.54 Å². The maximum absolute atomic E-state index is 6.30. The highest BCUT2D eigenvalue weighted by Crippen LogP contribution is 2.22. The summed E-state index contributed by atoms with van der Waals surface area (Å²) in [4.78, 5) is 2.49. The molecule has 2 aromatic rings. The molecule has 3 rings (SSSR count). The van der Waals surface area contributed by atoms with E-state index in [1.165, 1.54) is 24.9 Å². The molecule has 2 N–H and O–H groups in total. The molecule has 0 aliphatic carbocycles. The molecule has 4 nitrogen and oxygen atoms in total. The van der Waals surface area contributed by atoms with E-state index in [0.717, 1.165) is 36.1 Å². The summed E-state index contributed by atoms with van der Waals surface area (Å²) in [5.74, 6) is 1.55. The lowest BCUT2D eigenvalue weighted by atomic mass is 10.00. The number of benzene rings is 1. The first-order valence-corrected chi connectivity index (χ1v) is 7.75. The molecule has 1 aliphatic rings. The minimum absolute atomic E-state index is 0.761. The van der Waals surface area contributed by atoms with Gasteiger partial charge in [-0.25, -0.2) is 4.68 Å². The van der Waals surface area contributed by atoms with E-state index >= 15 is 0 Å². The Labute approximate surface area is 126 Å². The highest BCUT2D eigenvalue weighted by Gasteiger charge is 2.18. The number of hydrogen-bond donors (Lipinski definition) is 1. The van der Waals surface area contributed by atoms with Crippen molar-refractivity contribution in [3.8, 4) is 5.69 Å². The summed E-state index contributed by atoms with van der Waals surface area (Å²) in [6.07, 6.45) is 4.54.